The van der Waals surface area contributed by atoms with E-state index in [2.05, 4.69) is 4.89 Å². The SMILES string of the molecule is CCCCc1c(C(=O)OO)ccc(O)c1OC. The van der Waals surface area contributed by atoms with Gasteiger partial charge in [-0.1, -0.05) is 13.3 Å². The fraction of sp³-hybridized carbons (Fsp3) is 0.417. The van der Waals surface area contributed by atoms with Crippen LogP contribution < -0.4 is 4.74 Å². The van der Waals surface area contributed by atoms with Crippen molar-refractivity contribution in [2.75, 3.05) is 7.11 Å². The van der Waals surface area contributed by atoms with Gasteiger partial charge in [-0.05, 0) is 25.0 Å². The summed E-state index contributed by atoms with van der Waals surface area (Å²) in [5.74, 6) is -0.635. The number of carbonyl (C=O) groups excluding carboxylic acids is 1. The van der Waals surface area contributed by atoms with Crippen LogP contribution in [0.2, 0.25) is 0 Å². The van der Waals surface area contributed by atoms with Crippen LogP contribution in [0.5, 0.6) is 11.5 Å². The number of ether oxygens (including phenoxy) is 1. The zero-order valence-corrected chi connectivity index (χ0v) is 9.90. The smallest absolute Gasteiger partial charge is 0.373 e. The lowest BCUT2D eigenvalue weighted by atomic mass is 10.00. The Morgan fingerprint density at radius 3 is 2.65 bits per heavy atom. The molecule has 0 radical (unpaired) electrons. The average Bonchev–Trinajstić information content (AvgIpc) is 2.35. The Bertz CT molecular complexity index is 400. The molecule has 1 aromatic carbocycles. The molecule has 17 heavy (non-hydrogen) atoms. The summed E-state index contributed by atoms with van der Waals surface area (Å²) in [6.45, 7) is 2.01. The van der Waals surface area contributed by atoms with Gasteiger partial charge in [0.15, 0.2) is 11.5 Å². The van der Waals surface area contributed by atoms with E-state index < -0.39 is 5.97 Å². The largest absolute Gasteiger partial charge is 0.504 e. The van der Waals surface area contributed by atoms with Crippen molar-refractivity contribution in [3.8, 4) is 11.5 Å². The lowest BCUT2D eigenvalue weighted by Gasteiger charge is -2.13. The highest BCUT2D eigenvalue weighted by molar-refractivity contribution is 5.92. The molecule has 0 bridgehead atoms. The van der Waals surface area contributed by atoms with Crippen molar-refractivity contribution in [1.82, 2.24) is 0 Å². The monoisotopic (exact) mass is 240 g/mol. The van der Waals surface area contributed by atoms with Crippen LogP contribution in [0.25, 0.3) is 0 Å². The molecule has 0 fully saturated rings. The zero-order chi connectivity index (χ0) is 12.8. The minimum Gasteiger partial charge on any atom is -0.504 e. The summed E-state index contributed by atoms with van der Waals surface area (Å²) in [7, 11) is 1.42. The molecule has 0 aromatic heterocycles. The van der Waals surface area contributed by atoms with Gasteiger partial charge in [-0.15, -0.1) is 0 Å². The zero-order valence-electron chi connectivity index (χ0n) is 9.90. The summed E-state index contributed by atoms with van der Waals surface area (Å²) in [6.07, 6.45) is 2.34. The van der Waals surface area contributed by atoms with Gasteiger partial charge in [0.05, 0.1) is 12.7 Å². The molecule has 0 spiro atoms. The third-order valence-corrected chi connectivity index (χ3v) is 2.53. The van der Waals surface area contributed by atoms with Crippen LogP contribution in [0.4, 0.5) is 0 Å². The van der Waals surface area contributed by atoms with Crippen LogP contribution >= 0.6 is 0 Å². The van der Waals surface area contributed by atoms with Crippen molar-refractivity contribution in [3.63, 3.8) is 0 Å². The molecule has 0 aliphatic heterocycles. The predicted octanol–water partition coefficient (Wildman–Crippen LogP) is 2.37. The van der Waals surface area contributed by atoms with Gasteiger partial charge in [-0.3, -0.25) is 4.89 Å². The lowest BCUT2D eigenvalue weighted by molar-refractivity contribution is -0.182. The number of hydrogen-bond acceptors (Lipinski definition) is 5. The van der Waals surface area contributed by atoms with Gasteiger partial charge in [-0.25, -0.2) is 4.79 Å². The number of rotatable bonds is 5. The Balaban J connectivity index is 3.24. The molecule has 1 rings (SSSR count). The van der Waals surface area contributed by atoms with E-state index in [9.17, 15) is 9.90 Å². The average molecular weight is 240 g/mol. The molecule has 0 saturated heterocycles. The van der Waals surface area contributed by atoms with Gasteiger partial charge in [0.1, 0.15) is 0 Å². The van der Waals surface area contributed by atoms with Crippen molar-refractivity contribution in [3.05, 3.63) is 23.3 Å². The van der Waals surface area contributed by atoms with Crippen LogP contribution in [0.1, 0.15) is 35.7 Å². The van der Waals surface area contributed by atoms with E-state index in [4.69, 9.17) is 9.99 Å². The highest BCUT2D eigenvalue weighted by Crippen LogP contribution is 2.33. The maximum absolute atomic E-state index is 11.4. The number of methoxy groups -OCH3 is 1. The summed E-state index contributed by atoms with van der Waals surface area (Å²) in [6, 6.07) is 2.74. The number of benzene rings is 1. The van der Waals surface area contributed by atoms with Crippen LogP contribution in [-0.2, 0) is 11.3 Å². The first-order chi connectivity index (χ1) is 8.15. The number of unbranched alkanes of at least 4 members (excludes halogenated alkanes) is 1. The van der Waals surface area contributed by atoms with E-state index in [0.717, 1.165) is 12.8 Å². The van der Waals surface area contributed by atoms with Crippen molar-refractivity contribution in [1.29, 1.82) is 0 Å². The normalized spacial score (nSPS) is 10.1. The second kappa shape index (κ2) is 6.10. The Labute approximate surface area is 99.5 Å². The molecule has 2 N–H and O–H groups in total. The minimum absolute atomic E-state index is 0.0342. The van der Waals surface area contributed by atoms with E-state index in [1.165, 1.54) is 19.2 Å². The van der Waals surface area contributed by atoms with Crippen molar-refractivity contribution < 1.29 is 24.8 Å². The second-order valence-corrected chi connectivity index (χ2v) is 3.63. The van der Waals surface area contributed by atoms with Gasteiger partial charge < -0.3 is 9.84 Å². The van der Waals surface area contributed by atoms with Crippen LogP contribution in [0.3, 0.4) is 0 Å². The van der Waals surface area contributed by atoms with Gasteiger partial charge in [0.25, 0.3) is 0 Å². The molecule has 0 aliphatic rings. The number of aromatic hydroxyl groups is 1. The summed E-state index contributed by atoms with van der Waals surface area (Å²) < 4.78 is 5.07. The fourth-order valence-corrected chi connectivity index (χ4v) is 1.69. The van der Waals surface area contributed by atoms with Crippen molar-refractivity contribution >= 4 is 5.97 Å². The molecule has 0 saturated carbocycles. The Kier molecular flexibility index (Phi) is 4.78. The number of phenolic OH excluding ortho intramolecular Hbond substituents is 1. The topological polar surface area (TPSA) is 76.0 Å². The van der Waals surface area contributed by atoms with E-state index >= 15 is 0 Å². The summed E-state index contributed by atoms with van der Waals surface area (Å²) in [5, 5.41) is 18.0. The molecular formula is C12H16O5. The van der Waals surface area contributed by atoms with Gasteiger partial charge in [0, 0.05) is 5.56 Å². The van der Waals surface area contributed by atoms with E-state index in [0.29, 0.717) is 12.0 Å². The second-order valence-electron chi connectivity index (χ2n) is 3.63. The third kappa shape index (κ3) is 2.88. The molecule has 5 nitrogen and oxygen atoms in total. The molecule has 5 heteroatoms. The van der Waals surface area contributed by atoms with Gasteiger partial charge in [-0.2, -0.15) is 5.26 Å². The van der Waals surface area contributed by atoms with Crippen LogP contribution in [0.15, 0.2) is 12.1 Å². The standard InChI is InChI=1S/C12H16O5/c1-3-4-5-8-9(12(14)17-15)6-7-10(13)11(8)16-2/h6-7,13,15H,3-5H2,1-2H3. The minimum atomic E-state index is -0.852. The molecular weight excluding hydrogens is 224 g/mol. The first-order valence-electron chi connectivity index (χ1n) is 5.40. The molecule has 0 unspecified atom stereocenters. The van der Waals surface area contributed by atoms with Gasteiger partial charge in [0.2, 0.25) is 0 Å². The van der Waals surface area contributed by atoms with Gasteiger partial charge >= 0.3 is 5.97 Å². The lowest BCUT2D eigenvalue weighted by Crippen LogP contribution is -2.08. The highest BCUT2D eigenvalue weighted by atomic mass is 17.1. The third-order valence-electron chi connectivity index (χ3n) is 2.53. The van der Waals surface area contributed by atoms with E-state index in [-0.39, 0.29) is 17.1 Å². The molecule has 94 valence electrons. The number of carbonyl (C=O) groups is 1. The Morgan fingerprint density at radius 2 is 2.12 bits per heavy atom. The van der Waals surface area contributed by atoms with Crippen molar-refractivity contribution in [2.24, 2.45) is 0 Å². The van der Waals surface area contributed by atoms with Crippen LogP contribution in [0, 0.1) is 0 Å². The number of phenols is 1. The first kappa shape index (κ1) is 13.3. The molecule has 0 aliphatic carbocycles. The maximum atomic E-state index is 11.4. The summed E-state index contributed by atoms with van der Waals surface area (Å²) in [4.78, 5) is 15.1. The molecule has 0 heterocycles. The van der Waals surface area contributed by atoms with Crippen LogP contribution in [-0.4, -0.2) is 23.4 Å². The molecule has 0 amide bonds. The van der Waals surface area contributed by atoms with Crippen molar-refractivity contribution in [2.45, 2.75) is 26.2 Å². The first-order valence-corrected chi connectivity index (χ1v) is 5.40. The Hall–Kier alpha value is -1.75. The molecule has 0 atom stereocenters. The predicted molar refractivity (Wildman–Crippen MR) is 61.3 cm³/mol. The number of hydrogen-bond donors (Lipinski definition) is 2. The van der Waals surface area contributed by atoms with E-state index in [1.54, 1.807) is 0 Å². The van der Waals surface area contributed by atoms with E-state index in [1.807, 2.05) is 6.92 Å². The molecule has 1 aromatic rings. The Morgan fingerprint density at radius 1 is 1.41 bits per heavy atom. The maximum Gasteiger partial charge on any atom is 0.373 e. The summed E-state index contributed by atoms with van der Waals surface area (Å²) in [5.41, 5.74) is 0.754. The fourth-order valence-electron chi connectivity index (χ4n) is 1.69. The quantitative estimate of drug-likeness (QED) is 0.610. The highest BCUT2D eigenvalue weighted by Gasteiger charge is 2.19. The summed E-state index contributed by atoms with van der Waals surface area (Å²) >= 11 is 0.